The molecule has 0 radical (unpaired) electrons. The number of halogens is 3. The minimum absolute atomic E-state index is 0.296. The van der Waals surface area contributed by atoms with Crippen molar-refractivity contribution in [3.63, 3.8) is 0 Å². The van der Waals surface area contributed by atoms with E-state index in [2.05, 4.69) is 5.32 Å². The third kappa shape index (κ3) is 2.48. The van der Waals surface area contributed by atoms with Crippen molar-refractivity contribution in [2.24, 2.45) is 0 Å². The molecule has 1 aliphatic rings. The maximum absolute atomic E-state index is 13.9. The van der Waals surface area contributed by atoms with Crippen LogP contribution >= 0.6 is 0 Å². The average Bonchev–Trinajstić information content (AvgIpc) is 2.45. The Morgan fingerprint density at radius 1 is 1.19 bits per heavy atom. The first-order valence-corrected chi connectivity index (χ1v) is 6.62. The van der Waals surface area contributed by atoms with Gasteiger partial charge in [-0.3, -0.25) is 14.5 Å². The predicted molar refractivity (Wildman–Crippen MR) is 70.1 cm³/mol. The van der Waals surface area contributed by atoms with E-state index in [1.165, 1.54) is 0 Å². The van der Waals surface area contributed by atoms with Gasteiger partial charge in [-0.05, 0) is 12.8 Å². The molecule has 0 spiro atoms. The minimum atomic E-state index is -1.40. The molecule has 7 heteroatoms. The molecule has 21 heavy (non-hydrogen) atoms. The lowest BCUT2D eigenvalue weighted by atomic mass is 9.88. The molecule has 4 nitrogen and oxygen atoms in total. The molecule has 0 aliphatic carbocycles. The lowest BCUT2D eigenvalue weighted by Gasteiger charge is -2.41. The summed E-state index contributed by atoms with van der Waals surface area (Å²) >= 11 is 0. The summed E-state index contributed by atoms with van der Waals surface area (Å²) in [6.07, 6.45) is 0.591. The summed E-state index contributed by atoms with van der Waals surface area (Å²) < 4.78 is 40.5. The first-order valence-electron chi connectivity index (χ1n) is 6.62. The second-order valence-corrected chi connectivity index (χ2v) is 4.95. The molecular weight excluding hydrogens is 285 g/mol. The van der Waals surface area contributed by atoms with Crippen LogP contribution in [-0.4, -0.2) is 23.9 Å². The fourth-order valence-corrected chi connectivity index (χ4v) is 2.50. The summed E-state index contributed by atoms with van der Waals surface area (Å²) in [4.78, 5) is 25.1. The highest BCUT2D eigenvalue weighted by Gasteiger charge is 2.45. The Hall–Kier alpha value is -2.05. The zero-order valence-corrected chi connectivity index (χ0v) is 11.7. The largest absolute Gasteiger partial charge is 0.340 e. The number of hydrogen-bond acceptors (Lipinski definition) is 2. The average molecular weight is 300 g/mol. The topological polar surface area (TPSA) is 49.4 Å². The monoisotopic (exact) mass is 300 g/mol. The summed E-state index contributed by atoms with van der Waals surface area (Å²) in [6, 6.07) is 1.10. The number of benzene rings is 1. The number of carbonyl (C=O) groups excluding carboxylic acids is 2. The van der Waals surface area contributed by atoms with E-state index in [0.29, 0.717) is 25.0 Å². The van der Waals surface area contributed by atoms with Crippen LogP contribution < -0.4 is 10.2 Å². The lowest BCUT2D eigenvalue weighted by molar-refractivity contribution is -0.136. The molecule has 1 saturated heterocycles. The molecule has 114 valence electrons. The van der Waals surface area contributed by atoms with E-state index in [1.807, 2.05) is 0 Å². The fraction of sp³-hybridized carbons (Fsp3) is 0.429. The quantitative estimate of drug-likeness (QED) is 0.869. The maximum atomic E-state index is 13.9. The van der Waals surface area contributed by atoms with Crippen molar-refractivity contribution < 1.29 is 22.8 Å². The van der Waals surface area contributed by atoms with Gasteiger partial charge in [0.05, 0.1) is 5.69 Å². The first kappa shape index (κ1) is 15.3. The highest BCUT2D eigenvalue weighted by Crippen LogP contribution is 2.30. The number of nitrogens with one attached hydrogen (secondary N) is 1. The van der Waals surface area contributed by atoms with Gasteiger partial charge in [-0.1, -0.05) is 13.8 Å². The van der Waals surface area contributed by atoms with E-state index in [-0.39, 0.29) is 0 Å². The van der Waals surface area contributed by atoms with Crippen LogP contribution in [0.15, 0.2) is 12.1 Å². The van der Waals surface area contributed by atoms with E-state index in [9.17, 15) is 22.8 Å². The molecule has 0 saturated carbocycles. The standard InChI is InChI=1S/C14H15F3N2O2/c1-3-14(4-2)13(21)19(7-11(20)18-14)10-6-8(15)5-9(16)12(10)17/h5-6H,3-4,7H2,1-2H3,(H,18,20). The van der Waals surface area contributed by atoms with E-state index in [0.717, 1.165) is 4.90 Å². The second kappa shape index (κ2) is 5.38. The van der Waals surface area contributed by atoms with E-state index in [4.69, 9.17) is 0 Å². The van der Waals surface area contributed by atoms with Crippen molar-refractivity contribution >= 4 is 17.5 Å². The lowest BCUT2D eigenvalue weighted by Crippen LogP contribution is -2.66. The van der Waals surface area contributed by atoms with Gasteiger partial charge in [-0.2, -0.15) is 0 Å². The van der Waals surface area contributed by atoms with Gasteiger partial charge in [0.25, 0.3) is 5.91 Å². The number of amides is 2. The number of hydrogen-bond donors (Lipinski definition) is 1. The van der Waals surface area contributed by atoms with Crippen molar-refractivity contribution in [1.29, 1.82) is 0 Å². The van der Waals surface area contributed by atoms with Gasteiger partial charge in [-0.15, -0.1) is 0 Å². The van der Waals surface area contributed by atoms with Crippen LogP contribution in [0.1, 0.15) is 26.7 Å². The van der Waals surface area contributed by atoms with Crippen molar-refractivity contribution in [3.8, 4) is 0 Å². The van der Waals surface area contributed by atoms with Crippen LogP contribution in [0.25, 0.3) is 0 Å². The Balaban J connectivity index is 2.53. The van der Waals surface area contributed by atoms with Gasteiger partial charge in [0.2, 0.25) is 5.91 Å². The Labute approximate surface area is 119 Å². The molecule has 1 aromatic carbocycles. The van der Waals surface area contributed by atoms with Crippen molar-refractivity contribution in [2.45, 2.75) is 32.2 Å². The zero-order valence-electron chi connectivity index (χ0n) is 11.7. The SMILES string of the molecule is CCC1(CC)NC(=O)CN(c2cc(F)cc(F)c2F)C1=O. The third-order valence-corrected chi connectivity index (χ3v) is 3.81. The summed E-state index contributed by atoms with van der Waals surface area (Å²) in [5, 5.41) is 2.59. The summed E-state index contributed by atoms with van der Waals surface area (Å²) in [5.74, 6) is -4.83. The third-order valence-electron chi connectivity index (χ3n) is 3.81. The van der Waals surface area contributed by atoms with Gasteiger partial charge >= 0.3 is 0 Å². The number of piperazine rings is 1. The number of carbonyl (C=O) groups is 2. The van der Waals surface area contributed by atoms with Crippen LogP contribution in [0.2, 0.25) is 0 Å². The van der Waals surface area contributed by atoms with Crippen molar-refractivity contribution in [2.75, 3.05) is 11.4 Å². The first-order chi connectivity index (χ1) is 9.84. The normalized spacial score (nSPS) is 17.9. The molecule has 1 N–H and O–H groups in total. The second-order valence-electron chi connectivity index (χ2n) is 4.95. The molecular formula is C14H15F3N2O2. The van der Waals surface area contributed by atoms with Crippen LogP contribution in [0.5, 0.6) is 0 Å². The van der Waals surface area contributed by atoms with Gasteiger partial charge in [0.1, 0.15) is 17.9 Å². The molecule has 0 unspecified atom stereocenters. The molecule has 1 heterocycles. The Morgan fingerprint density at radius 3 is 2.38 bits per heavy atom. The maximum Gasteiger partial charge on any atom is 0.253 e. The fourth-order valence-electron chi connectivity index (χ4n) is 2.50. The number of rotatable bonds is 3. The zero-order chi connectivity index (χ0) is 15.8. The Morgan fingerprint density at radius 2 is 1.81 bits per heavy atom. The summed E-state index contributed by atoms with van der Waals surface area (Å²) in [6.45, 7) is 2.93. The van der Waals surface area contributed by atoms with Crippen LogP contribution in [-0.2, 0) is 9.59 Å². The minimum Gasteiger partial charge on any atom is -0.340 e. The highest BCUT2D eigenvalue weighted by atomic mass is 19.2. The molecule has 0 atom stereocenters. The van der Waals surface area contributed by atoms with E-state index < -0.39 is 47.0 Å². The van der Waals surface area contributed by atoms with Gasteiger partial charge in [-0.25, -0.2) is 13.2 Å². The molecule has 1 aromatic rings. The van der Waals surface area contributed by atoms with Crippen molar-refractivity contribution in [3.05, 3.63) is 29.6 Å². The smallest absolute Gasteiger partial charge is 0.253 e. The molecule has 0 bridgehead atoms. The van der Waals surface area contributed by atoms with Crippen LogP contribution in [0.3, 0.4) is 0 Å². The molecule has 1 aliphatic heterocycles. The predicted octanol–water partition coefficient (Wildman–Crippen LogP) is 2.13. The molecule has 2 rings (SSSR count). The molecule has 1 fully saturated rings. The van der Waals surface area contributed by atoms with Crippen molar-refractivity contribution in [1.82, 2.24) is 5.32 Å². The molecule has 0 aromatic heterocycles. The van der Waals surface area contributed by atoms with E-state index >= 15 is 0 Å². The number of anilines is 1. The Bertz CT molecular complexity index is 600. The van der Waals surface area contributed by atoms with Gasteiger partial charge < -0.3 is 5.32 Å². The Kier molecular flexibility index (Phi) is 3.93. The number of nitrogens with zero attached hydrogens (tertiary/aromatic N) is 1. The highest BCUT2D eigenvalue weighted by molar-refractivity contribution is 6.09. The van der Waals surface area contributed by atoms with Gasteiger partial charge in [0, 0.05) is 12.1 Å². The summed E-state index contributed by atoms with van der Waals surface area (Å²) in [7, 11) is 0. The molecule has 2 amide bonds. The van der Waals surface area contributed by atoms with Crippen LogP contribution in [0.4, 0.5) is 18.9 Å². The van der Waals surface area contributed by atoms with Crippen LogP contribution in [0, 0.1) is 17.5 Å². The van der Waals surface area contributed by atoms with Gasteiger partial charge in [0.15, 0.2) is 11.6 Å². The summed E-state index contributed by atoms with van der Waals surface area (Å²) in [5.41, 5.74) is -1.73. The van der Waals surface area contributed by atoms with E-state index in [1.54, 1.807) is 13.8 Å².